The second kappa shape index (κ2) is 3.08. The fourth-order valence-electron chi connectivity index (χ4n) is 1.40. The SMILES string of the molecule is CC(C)c1oc2ccccc2c1Cl. The molecule has 1 heterocycles. The summed E-state index contributed by atoms with van der Waals surface area (Å²) in [6.45, 7) is 4.15. The van der Waals surface area contributed by atoms with Crippen molar-refractivity contribution in [2.75, 3.05) is 0 Å². The van der Waals surface area contributed by atoms with E-state index in [0.717, 1.165) is 21.8 Å². The predicted molar refractivity (Wildman–Crippen MR) is 55.3 cm³/mol. The Balaban J connectivity index is 2.74. The Hall–Kier alpha value is -0.950. The molecule has 0 aliphatic rings. The molecule has 68 valence electrons. The van der Waals surface area contributed by atoms with Gasteiger partial charge in [-0.2, -0.15) is 0 Å². The van der Waals surface area contributed by atoms with Crippen LogP contribution in [0.3, 0.4) is 0 Å². The van der Waals surface area contributed by atoms with E-state index in [1.54, 1.807) is 0 Å². The largest absolute Gasteiger partial charge is 0.459 e. The highest BCUT2D eigenvalue weighted by Crippen LogP contribution is 2.34. The lowest BCUT2D eigenvalue weighted by molar-refractivity contribution is 0.522. The summed E-state index contributed by atoms with van der Waals surface area (Å²) in [5, 5.41) is 1.76. The molecule has 0 amide bonds. The molecule has 0 radical (unpaired) electrons. The maximum atomic E-state index is 6.16. The van der Waals surface area contributed by atoms with E-state index in [1.807, 2.05) is 24.3 Å². The van der Waals surface area contributed by atoms with Crippen molar-refractivity contribution in [1.29, 1.82) is 0 Å². The van der Waals surface area contributed by atoms with Crippen LogP contribution in [-0.2, 0) is 0 Å². The molecular weight excluding hydrogens is 184 g/mol. The van der Waals surface area contributed by atoms with Gasteiger partial charge < -0.3 is 4.42 Å². The number of rotatable bonds is 1. The van der Waals surface area contributed by atoms with Crippen molar-refractivity contribution in [3.05, 3.63) is 35.0 Å². The van der Waals surface area contributed by atoms with E-state index in [-0.39, 0.29) is 0 Å². The lowest BCUT2D eigenvalue weighted by atomic mass is 10.1. The molecule has 0 aliphatic heterocycles. The van der Waals surface area contributed by atoms with E-state index in [9.17, 15) is 0 Å². The Labute approximate surface area is 82.3 Å². The third kappa shape index (κ3) is 1.33. The van der Waals surface area contributed by atoms with Crippen LogP contribution < -0.4 is 0 Å². The molecule has 2 heteroatoms. The van der Waals surface area contributed by atoms with Crippen molar-refractivity contribution in [1.82, 2.24) is 0 Å². The van der Waals surface area contributed by atoms with E-state index < -0.39 is 0 Å². The lowest BCUT2D eigenvalue weighted by Gasteiger charge is -1.98. The Kier molecular flexibility index (Phi) is 2.04. The van der Waals surface area contributed by atoms with E-state index >= 15 is 0 Å². The monoisotopic (exact) mass is 194 g/mol. The first-order valence-corrected chi connectivity index (χ1v) is 4.75. The van der Waals surface area contributed by atoms with Gasteiger partial charge in [0.25, 0.3) is 0 Å². The Morgan fingerprint density at radius 1 is 1.23 bits per heavy atom. The molecule has 2 rings (SSSR count). The Morgan fingerprint density at radius 2 is 1.92 bits per heavy atom. The van der Waals surface area contributed by atoms with Crippen molar-refractivity contribution in [2.45, 2.75) is 19.8 Å². The first-order valence-electron chi connectivity index (χ1n) is 4.37. The summed E-state index contributed by atoms with van der Waals surface area (Å²) in [4.78, 5) is 0. The number of fused-ring (bicyclic) bond motifs is 1. The molecular formula is C11H11ClO. The molecule has 0 fully saturated rings. The van der Waals surface area contributed by atoms with Crippen LogP contribution in [0.15, 0.2) is 28.7 Å². The van der Waals surface area contributed by atoms with Crippen LogP contribution in [0.1, 0.15) is 25.5 Å². The van der Waals surface area contributed by atoms with Crippen molar-refractivity contribution < 1.29 is 4.42 Å². The number of halogens is 1. The van der Waals surface area contributed by atoms with Gasteiger partial charge in [-0.1, -0.05) is 37.6 Å². The summed E-state index contributed by atoms with van der Waals surface area (Å²) < 4.78 is 5.63. The minimum atomic E-state index is 0.333. The molecule has 0 bridgehead atoms. The van der Waals surface area contributed by atoms with Gasteiger partial charge >= 0.3 is 0 Å². The molecule has 0 saturated carbocycles. The second-order valence-electron chi connectivity index (χ2n) is 3.43. The Bertz CT molecular complexity index is 429. The quantitative estimate of drug-likeness (QED) is 0.663. The fourth-order valence-corrected chi connectivity index (χ4v) is 1.82. The van der Waals surface area contributed by atoms with Gasteiger partial charge in [0, 0.05) is 11.3 Å². The van der Waals surface area contributed by atoms with E-state index in [2.05, 4.69) is 13.8 Å². The zero-order chi connectivity index (χ0) is 9.42. The molecule has 13 heavy (non-hydrogen) atoms. The van der Waals surface area contributed by atoms with Gasteiger partial charge in [-0.05, 0) is 12.1 Å². The van der Waals surface area contributed by atoms with Crippen LogP contribution in [0.25, 0.3) is 11.0 Å². The van der Waals surface area contributed by atoms with Gasteiger partial charge in [-0.25, -0.2) is 0 Å². The molecule has 0 N–H and O–H groups in total. The van der Waals surface area contributed by atoms with Gasteiger partial charge in [0.2, 0.25) is 0 Å². The number of hydrogen-bond acceptors (Lipinski definition) is 1. The van der Waals surface area contributed by atoms with Crippen LogP contribution in [0, 0.1) is 0 Å². The van der Waals surface area contributed by atoms with Crippen molar-refractivity contribution in [3.8, 4) is 0 Å². The minimum absolute atomic E-state index is 0.333. The molecule has 0 unspecified atom stereocenters. The van der Waals surface area contributed by atoms with Crippen LogP contribution in [-0.4, -0.2) is 0 Å². The van der Waals surface area contributed by atoms with E-state index in [4.69, 9.17) is 16.0 Å². The molecule has 1 nitrogen and oxygen atoms in total. The summed E-state index contributed by atoms with van der Waals surface area (Å²) in [6.07, 6.45) is 0. The summed E-state index contributed by atoms with van der Waals surface area (Å²) >= 11 is 6.16. The highest BCUT2D eigenvalue weighted by Gasteiger charge is 2.13. The number of benzene rings is 1. The standard InChI is InChI=1S/C11H11ClO/c1-7(2)11-10(12)8-5-3-4-6-9(8)13-11/h3-7H,1-2H3. The highest BCUT2D eigenvalue weighted by molar-refractivity contribution is 6.36. The van der Waals surface area contributed by atoms with Crippen LogP contribution in [0.2, 0.25) is 5.02 Å². The maximum Gasteiger partial charge on any atom is 0.135 e. The highest BCUT2D eigenvalue weighted by atomic mass is 35.5. The zero-order valence-electron chi connectivity index (χ0n) is 7.67. The van der Waals surface area contributed by atoms with Crippen LogP contribution in [0.4, 0.5) is 0 Å². The molecule has 1 aromatic heterocycles. The smallest absolute Gasteiger partial charge is 0.135 e. The average molecular weight is 195 g/mol. The molecule has 2 aromatic rings. The second-order valence-corrected chi connectivity index (χ2v) is 3.81. The Morgan fingerprint density at radius 3 is 2.54 bits per heavy atom. The van der Waals surface area contributed by atoms with Gasteiger partial charge in [-0.3, -0.25) is 0 Å². The van der Waals surface area contributed by atoms with Gasteiger partial charge in [0.15, 0.2) is 0 Å². The average Bonchev–Trinajstić information content (AvgIpc) is 2.45. The summed E-state index contributed by atoms with van der Waals surface area (Å²) in [5.41, 5.74) is 0.871. The summed E-state index contributed by atoms with van der Waals surface area (Å²) in [6, 6.07) is 7.83. The third-order valence-electron chi connectivity index (χ3n) is 2.08. The first kappa shape index (κ1) is 8.64. The lowest BCUT2D eigenvalue weighted by Crippen LogP contribution is -1.82. The maximum absolute atomic E-state index is 6.16. The zero-order valence-corrected chi connectivity index (χ0v) is 8.43. The third-order valence-corrected chi connectivity index (χ3v) is 2.47. The van der Waals surface area contributed by atoms with Gasteiger partial charge in [-0.15, -0.1) is 0 Å². The molecule has 0 atom stereocenters. The summed E-state index contributed by atoms with van der Waals surface area (Å²) in [7, 11) is 0. The van der Waals surface area contributed by atoms with E-state index in [1.165, 1.54) is 0 Å². The van der Waals surface area contributed by atoms with Crippen LogP contribution >= 0.6 is 11.6 Å². The normalized spacial score (nSPS) is 11.4. The minimum Gasteiger partial charge on any atom is -0.459 e. The molecule has 0 spiro atoms. The molecule has 0 saturated heterocycles. The predicted octanol–water partition coefficient (Wildman–Crippen LogP) is 4.21. The number of hydrogen-bond donors (Lipinski definition) is 0. The number of para-hydroxylation sites is 1. The summed E-state index contributed by atoms with van der Waals surface area (Å²) in [5.74, 6) is 1.21. The van der Waals surface area contributed by atoms with Gasteiger partial charge in [0.05, 0.1) is 5.02 Å². The topological polar surface area (TPSA) is 13.1 Å². The molecule has 1 aromatic carbocycles. The molecule has 0 aliphatic carbocycles. The van der Waals surface area contributed by atoms with Crippen molar-refractivity contribution >= 4 is 22.6 Å². The number of furan rings is 1. The van der Waals surface area contributed by atoms with E-state index in [0.29, 0.717) is 5.92 Å². The van der Waals surface area contributed by atoms with Gasteiger partial charge in [0.1, 0.15) is 11.3 Å². The van der Waals surface area contributed by atoms with Crippen molar-refractivity contribution in [2.24, 2.45) is 0 Å². The first-order chi connectivity index (χ1) is 6.20. The van der Waals surface area contributed by atoms with Crippen molar-refractivity contribution in [3.63, 3.8) is 0 Å². The van der Waals surface area contributed by atoms with Crippen LogP contribution in [0.5, 0.6) is 0 Å². The fraction of sp³-hybridized carbons (Fsp3) is 0.273.